The monoisotopic (exact) mass is 436 g/mol. The van der Waals surface area contributed by atoms with Crippen LogP contribution in [0.3, 0.4) is 0 Å². The molecule has 1 aliphatic carbocycles. The number of anilines is 1. The van der Waals surface area contributed by atoms with E-state index in [1.165, 1.54) is 25.0 Å². The minimum Gasteiger partial charge on any atom is -0.476 e. The summed E-state index contributed by atoms with van der Waals surface area (Å²) in [5, 5.41) is 9.66. The van der Waals surface area contributed by atoms with Gasteiger partial charge in [0.15, 0.2) is 0 Å². The fourth-order valence-corrected chi connectivity index (χ4v) is 5.17. The lowest BCUT2D eigenvalue weighted by Crippen LogP contribution is -2.36. The van der Waals surface area contributed by atoms with E-state index in [1.807, 2.05) is 26.0 Å². The fourth-order valence-electron chi connectivity index (χ4n) is 4.28. The van der Waals surface area contributed by atoms with Gasteiger partial charge in [-0.15, -0.1) is 21.5 Å². The van der Waals surface area contributed by atoms with Gasteiger partial charge in [0.25, 0.3) is 0 Å². The Morgan fingerprint density at radius 2 is 1.90 bits per heavy atom. The molecular formula is C23H28N6OS. The minimum atomic E-state index is 0.525. The Morgan fingerprint density at radius 3 is 2.55 bits per heavy atom. The minimum absolute atomic E-state index is 0.525. The predicted molar refractivity (Wildman–Crippen MR) is 122 cm³/mol. The second-order valence-electron chi connectivity index (χ2n) is 8.57. The lowest BCUT2D eigenvalue weighted by molar-refractivity contribution is 0.214. The van der Waals surface area contributed by atoms with Gasteiger partial charge in [-0.2, -0.15) is 0 Å². The third-order valence-electron chi connectivity index (χ3n) is 6.38. The van der Waals surface area contributed by atoms with Crippen molar-refractivity contribution in [3.8, 4) is 16.5 Å². The molecule has 0 aromatic carbocycles. The zero-order valence-electron chi connectivity index (χ0n) is 18.1. The molecule has 3 aromatic rings. The average Bonchev–Trinajstić information content (AvgIpc) is 3.10. The third kappa shape index (κ3) is 4.54. The van der Waals surface area contributed by atoms with Crippen molar-refractivity contribution in [2.24, 2.45) is 5.92 Å². The molecule has 0 N–H and O–H groups in total. The van der Waals surface area contributed by atoms with Crippen molar-refractivity contribution >= 4 is 17.2 Å². The van der Waals surface area contributed by atoms with E-state index in [1.54, 1.807) is 17.7 Å². The van der Waals surface area contributed by atoms with E-state index in [-0.39, 0.29) is 0 Å². The van der Waals surface area contributed by atoms with Crippen molar-refractivity contribution in [3.05, 3.63) is 40.9 Å². The van der Waals surface area contributed by atoms with Crippen molar-refractivity contribution in [2.75, 3.05) is 24.6 Å². The van der Waals surface area contributed by atoms with Crippen molar-refractivity contribution in [1.29, 1.82) is 0 Å². The van der Waals surface area contributed by atoms with E-state index >= 15 is 0 Å². The summed E-state index contributed by atoms with van der Waals surface area (Å²) in [7, 11) is 0. The zero-order valence-corrected chi connectivity index (χ0v) is 18.9. The van der Waals surface area contributed by atoms with E-state index in [0.717, 1.165) is 53.0 Å². The Labute approximate surface area is 186 Å². The number of aromatic nitrogens is 5. The maximum Gasteiger partial charge on any atom is 0.233 e. The van der Waals surface area contributed by atoms with Crippen molar-refractivity contribution in [3.63, 3.8) is 0 Å². The van der Waals surface area contributed by atoms with Gasteiger partial charge in [-0.25, -0.2) is 15.0 Å². The van der Waals surface area contributed by atoms with Gasteiger partial charge in [0.1, 0.15) is 17.8 Å². The first-order chi connectivity index (χ1) is 15.2. The molecule has 8 heteroatoms. The molecule has 1 saturated carbocycles. The number of piperidine rings is 1. The number of ether oxygens (including phenoxy) is 1. The molecule has 0 atom stereocenters. The van der Waals surface area contributed by atoms with Gasteiger partial charge in [-0.3, -0.25) is 0 Å². The quantitative estimate of drug-likeness (QED) is 0.560. The Bertz CT molecular complexity index is 1020. The van der Waals surface area contributed by atoms with E-state index in [2.05, 4.69) is 36.1 Å². The summed E-state index contributed by atoms with van der Waals surface area (Å²) >= 11 is 1.65. The number of hydrogen-bond acceptors (Lipinski definition) is 8. The van der Waals surface area contributed by atoms with Crippen molar-refractivity contribution < 1.29 is 4.74 Å². The topological polar surface area (TPSA) is 76.9 Å². The summed E-state index contributed by atoms with van der Waals surface area (Å²) in [5.74, 6) is 2.83. The second-order valence-corrected chi connectivity index (χ2v) is 9.78. The molecule has 2 fully saturated rings. The highest BCUT2D eigenvalue weighted by atomic mass is 32.1. The molecule has 1 saturated heterocycles. The molecule has 1 aliphatic heterocycles. The van der Waals surface area contributed by atoms with Gasteiger partial charge in [0.2, 0.25) is 5.88 Å². The predicted octanol–water partition coefficient (Wildman–Crippen LogP) is 4.57. The van der Waals surface area contributed by atoms with Crippen LogP contribution in [0.2, 0.25) is 0 Å². The second kappa shape index (κ2) is 8.86. The number of aryl methyl sites for hydroxylation is 2. The largest absolute Gasteiger partial charge is 0.476 e. The van der Waals surface area contributed by atoms with Gasteiger partial charge >= 0.3 is 0 Å². The SMILES string of the molecule is Cc1nc(C)c(-c2ccc(OCC3CCN(c4cc(C5CCC5)ncn4)CC3)nn2)s1. The van der Waals surface area contributed by atoms with Crippen LogP contribution in [0.5, 0.6) is 5.88 Å². The first kappa shape index (κ1) is 20.3. The molecule has 0 bridgehead atoms. The highest BCUT2D eigenvalue weighted by molar-refractivity contribution is 7.15. The Morgan fingerprint density at radius 1 is 1.06 bits per heavy atom. The molecule has 7 nitrogen and oxygen atoms in total. The van der Waals surface area contributed by atoms with Gasteiger partial charge in [-0.1, -0.05) is 6.42 Å². The number of nitrogens with zero attached hydrogens (tertiary/aromatic N) is 6. The summed E-state index contributed by atoms with van der Waals surface area (Å²) < 4.78 is 5.96. The number of rotatable bonds is 6. The lowest BCUT2D eigenvalue weighted by atomic mass is 9.83. The van der Waals surface area contributed by atoms with E-state index in [0.29, 0.717) is 24.3 Å². The maximum atomic E-state index is 5.96. The molecule has 4 heterocycles. The number of hydrogen-bond donors (Lipinski definition) is 0. The van der Waals surface area contributed by atoms with Crippen LogP contribution in [0.15, 0.2) is 24.5 Å². The number of thiazole rings is 1. The van der Waals surface area contributed by atoms with Crippen LogP contribution >= 0.6 is 11.3 Å². The van der Waals surface area contributed by atoms with Gasteiger partial charge in [0.05, 0.1) is 22.2 Å². The van der Waals surface area contributed by atoms with Crippen molar-refractivity contribution in [1.82, 2.24) is 25.1 Å². The summed E-state index contributed by atoms with van der Waals surface area (Å²) in [5.41, 5.74) is 3.07. The molecule has 0 spiro atoms. The van der Waals surface area contributed by atoms with Gasteiger partial charge in [-0.05, 0) is 51.5 Å². The van der Waals surface area contributed by atoms with E-state index < -0.39 is 0 Å². The normalized spacial score (nSPS) is 17.5. The fraction of sp³-hybridized carbons (Fsp3) is 0.522. The summed E-state index contributed by atoms with van der Waals surface area (Å²) in [6.07, 6.45) is 7.77. The highest BCUT2D eigenvalue weighted by Crippen LogP contribution is 2.36. The summed E-state index contributed by atoms with van der Waals surface area (Å²) in [4.78, 5) is 16.9. The maximum absolute atomic E-state index is 5.96. The third-order valence-corrected chi connectivity index (χ3v) is 7.47. The first-order valence-corrected chi connectivity index (χ1v) is 11.9. The molecule has 162 valence electrons. The van der Waals surface area contributed by atoms with Crippen LogP contribution in [-0.4, -0.2) is 44.8 Å². The van der Waals surface area contributed by atoms with Crippen LogP contribution in [-0.2, 0) is 0 Å². The molecular weight excluding hydrogens is 408 g/mol. The van der Waals surface area contributed by atoms with Crippen LogP contribution in [0, 0.1) is 19.8 Å². The Kier molecular flexibility index (Phi) is 5.80. The van der Waals surface area contributed by atoms with Crippen molar-refractivity contribution in [2.45, 2.75) is 51.9 Å². The molecule has 2 aliphatic rings. The van der Waals surface area contributed by atoms with Crippen LogP contribution in [0.25, 0.3) is 10.6 Å². The smallest absolute Gasteiger partial charge is 0.233 e. The molecule has 5 rings (SSSR count). The summed E-state index contributed by atoms with van der Waals surface area (Å²) in [6, 6.07) is 6.08. The van der Waals surface area contributed by atoms with Gasteiger partial charge < -0.3 is 9.64 Å². The lowest BCUT2D eigenvalue weighted by Gasteiger charge is -2.33. The van der Waals surface area contributed by atoms with Gasteiger partial charge in [0, 0.05) is 36.8 Å². The first-order valence-electron chi connectivity index (χ1n) is 11.1. The van der Waals surface area contributed by atoms with E-state index in [4.69, 9.17) is 4.74 Å². The Balaban J connectivity index is 1.12. The molecule has 0 amide bonds. The zero-order chi connectivity index (χ0) is 21.2. The molecule has 0 radical (unpaired) electrons. The molecule has 3 aromatic heterocycles. The van der Waals surface area contributed by atoms with Crippen LogP contribution in [0.1, 0.15) is 54.4 Å². The average molecular weight is 437 g/mol. The highest BCUT2D eigenvalue weighted by Gasteiger charge is 2.24. The standard InChI is InChI=1S/C23H28N6OS/c1-15-23(31-16(2)26-15)19-6-7-22(28-27-19)30-13-17-8-10-29(11-9-17)21-12-20(24-14-25-21)18-4-3-5-18/h6-7,12,14,17-18H,3-5,8-11,13H2,1-2H3. The Hall–Kier alpha value is -2.61. The molecule has 31 heavy (non-hydrogen) atoms. The molecule has 0 unspecified atom stereocenters. The summed E-state index contributed by atoms with van der Waals surface area (Å²) in [6.45, 7) is 6.70. The van der Waals surface area contributed by atoms with Crippen LogP contribution < -0.4 is 9.64 Å². The van der Waals surface area contributed by atoms with E-state index in [9.17, 15) is 0 Å². The van der Waals surface area contributed by atoms with Crippen LogP contribution in [0.4, 0.5) is 5.82 Å².